The molecule has 2 heterocycles. The minimum atomic E-state index is -0.0479. The summed E-state index contributed by atoms with van der Waals surface area (Å²) in [6.07, 6.45) is 6.87. The largest absolute Gasteiger partial charge is 0.292 e. The molecule has 0 spiro atoms. The lowest BCUT2D eigenvalue weighted by Crippen LogP contribution is -2.02. The Morgan fingerprint density at radius 2 is 2.26 bits per heavy atom. The summed E-state index contributed by atoms with van der Waals surface area (Å²) >= 11 is 0. The molecule has 2 aromatic heterocycles. The second-order valence-corrected chi connectivity index (χ2v) is 4.05. The minimum Gasteiger partial charge on any atom is -0.292 e. The number of ketones is 1. The number of pyridine rings is 1. The van der Waals surface area contributed by atoms with E-state index in [4.69, 9.17) is 0 Å². The maximum absolute atomic E-state index is 11.9. The highest BCUT2D eigenvalue weighted by molar-refractivity contribution is 5.96. The first kappa shape index (κ1) is 12.9. The van der Waals surface area contributed by atoms with E-state index in [0.717, 1.165) is 0 Å². The molecular formula is C14H14N4O. The highest BCUT2D eigenvalue weighted by Crippen LogP contribution is 2.08. The van der Waals surface area contributed by atoms with Crippen molar-refractivity contribution in [3.63, 3.8) is 0 Å². The normalized spacial score (nSPS) is 10.8. The topological polar surface area (TPSA) is 60.7 Å². The monoisotopic (exact) mass is 254 g/mol. The summed E-state index contributed by atoms with van der Waals surface area (Å²) in [5, 5.41) is 3.95. The molecule has 5 heteroatoms. The fourth-order valence-corrected chi connectivity index (χ4v) is 1.53. The zero-order chi connectivity index (χ0) is 13.7. The number of hydrogen-bond acceptors (Lipinski definition) is 4. The molecule has 0 aromatic carbocycles. The summed E-state index contributed by atoms with van der Waals surface area (Å²) in [5.74, 6) is 0.666. The number of allylic oxidation sites excluding steroid dienone is 2. The number of hydrogen-bond donors (Lipinski definition) is 0. The minimum absolute atomic E-state index is 0.0479. The van der Waals surface area contributed by atoms with Crippen molar-refractivity contribution in [3.8, 4) is 0 Å². The smallest absolute Gasteiger partial charge is 0.185 e. The van der Waals surface area contributed by atoms with Crippen molar-refractivity contribution >= 4 is 11.9 Å². The third kappa shape index (κ3) is 3.45. The molecule has 0 unspecified atom stereocenters. The van der Waals surface area contributed by atoms with Crippen molar-refractivity contribution < 1.29 is 4.79 Å². The van der Waals surface area contributed by atoms with E-state index in [2.05, 4.69) is 21.6 Å². The van der Waals surface area contributed by atoms with E-state index in [1.165, 1.54) is 6.33 Å². The molecule has 0 amide bonds. The maximum Gasteiger partial charge on any atom is 0.185 e. The molecule has 2 aromatic rings. The molecule has 0 saturated heterocycles. The molecule has 0 aliphatic rings. The standard InChI is InChI=1S/C14H14N4O/c1-11(6-7-14-16-10-17-18(14)2)9-13(19)12-5-3-4-8-15-12/h3-8,10H,1,9H2,2H3/b7-6-. The van der Waals surface area contributed by atoms with Crippen LogP contribution in [-0.2, 0) is 7.05 Å². The molecule has 0 aliphatic heterocycles. The number of Topliss-reactive ketones (excluding diaryl/α,β-unsaturated/α-hetero) is 1. The van der Waals surface area contributed by atoms with Gasteiger partial charge >= 0.3 is 0 Å². The Labute approximate surface area is 111 Å². The van der Waals surface area contributed by atoms with Gasteiger partial charge in [0.15, 0.2) is 5.78 Å². The molecular weight excluding hydrogens is 240 g/mol. The Hall–Kier alpha value is -2.56. The van der Waals surface area contributed by atoms with Gasteiger partial charge in [-0.2, -0.15) is 5.10 Å². The molecule has 0 bridgehead atoms. The van der Waals surface area contributed by atoms with Crippen molar-refractivity contribution in [1.82, 2.24) is 19.7 Å². The number of rotatable bonds is 5. The fourth-order valence-electron chi connectivity index (χ4n) is 1.53. The molecule has 19 heavy (non-hydrogen) atoms. The van der Waals surface area contributed by atoms with E-state index in [-0.39, 0.29) is 12.2 Å². The summed E-state index contributed by atoms with van der Waals surface area (Å²) in [6, 6.07) is 5.26. The number of carbonyl (C=O) groups is 1. The van der Waals surface area contributed by atoms with Gasteiger partial charge in [0, 0.05) is 19.7 Å². The first-order valence-corrected chi connectivity index (χ1v) is 5.81. The highest BCUT2D eigenvalue weighted by Gasteiger charge is 2.07. The Kier molecular flexibility index (Phi) is 3.97. The van der Waals surface area contributed by atoms with Gasteiger partial charge in [-0.15, -0.1) is 0 Å². The average molecular weight is 254 g/mol. The molecule has 0 N–H and O–H groups in total. The van der Waals surface area contributed by atoms with Crippen molar-refractivity contribution in [2.24, 2.45) is 7.05 Å². The van der Waals surface area contributed by atoms with Gasteiger partial charge in [0.1, 0.15) is 17.8 Å². The van der Waals surface area contributed by atoms with Crippen LogP contribution in [0, 0.1) is 0 Å². The number of aryl methyl sites for hydroxylation is 1. The van der Waals surface area contributed by atoms with Crippen LogP contribution in [0.1, 0.15) is 22.7 Å². The van der Waals surface area contributed by atoms with E-state index >= 15 is 0 Å². The van der Waals surface area contributed by atoms with Crippen LogP contribution in [0.5, 0.6) is 0 Å². The van der Waals surface area contributed by atoms with Crippen molar-refractivity contribution in [3.05, 3.63) is 60.5 Å². The van der Waals surface area contributed by atoms with Gasteiger partial charge in [-0.3, -0.25) is 9.78 Å². The van der Waals surface area contributed by atoms with Crippen LogP contribution in [0.4, 0.5) is 0 Å². The Bertz CT molecular complexity index is 613. The SMILES string of the molecule is C=C(/C=C\c1ncnn1C)CC(=O)c1ccccn1. The lowest BCUT2D eigenvalue weighted by atomic mass is 10.1. The van der Waals surface area contributed by atoms with Gasteiger partial charge in [0.05, 0.1) is 0 Å². The van der Waals surface area contributed by atoms with Crippen molar-refractivity contribution in [1.29, 1.82) is 0 Å². The molecule has 0 atom stereocenters. The van der Waals surface area contributed by atoms with Gasteiger partial charge in [-0.1, -0.05) is 18.7 Å². The summed E-state index contributed by atoms with van der Waals surface area (Å²) in [5.41, 5.74) is 1.16. The third-order valence-corrected chi connectivity index (χ3v) is 2.55. The van der Waals surface area contributed by atoms with Gasteiger partial charge in [-0.25, -0.2) is 9.67 Å². The van der Waals surface area contributed by atoms with Crippen molar-refractivity contribution in [2.45, 2.75) is 6.42 Å². The number of aromatic nitrogens is 4. The van der Waals surface area contributed by atoms with Crippen LogP contribution >= 0.6 is 0 Å². The summed E-state index contributed by atoms with van der Waals surface area (Å²) in [7, 11) is 1.80. The first-order chi connectivity index (χ1) is 9.16. The zero-order valence-electron chi connectivity index (χ0n) is 10.7. The van der Waals surface area contributed by atoms with E-state index in [1.54, 1.807) is 48.3 Å². The second-order valence-electron chi connectivity index (χ2n) is 4.05. The first-order valence-electron chi connectivity index (χ1n) is 5.81. The molecule has 0 saturated carbocycles. The Morgan fingerprint density at radius 3 is 2.89 bits per heavy atom. The van der Waals surface area contributed by atoms with E-state index in [9.17, 15) is 4.79 Å². The molecule has 0 aliphatic carbocycles. The highest BCUT2D eigenvalue weighted by atomic mass is 16.1. The summed E-state index contributed by atoms with van der Waals surface area (Å²) < 4.78 is 1.64. The Morgan fingerprint density at radius 1 is 1.42 bits per heavy atom. The van der Waals surface area contributed by atoms with E-state index in [1.807, 2.05) is 0 Å². The predicted molar refractivity (Wildman–Crippen MR) is 72.4 cm³/mol. The summed E-state index contributed by atoms with van der Waals surface area (Å²) in [4.78, 5) is 20.0. The lowest BCUT2D eigenvalue weighted by Gasteiger charge is -1.99. The van der Waals surface area contributed by atoms with Crippen LogP contribution in [0.25, 0.3) is 6.08 Å². The maximum atomic E-state index is 11.9. The van der Waals surface area contributed by atoms with Gasteiger partial charge in [0.2, 0.25) is 0 Å². The van der Waals surface area contributed by atoms with Gasteiger partial charge in [-0.05, 0) is 23.8 Å². The van der Waals surface area contributed by atoms with Crippen LogP contribution in [0.2, 0.25) is 0 Å². The number of nitrogens with zero attached hydrogens (tertiary/aromatic N) is 4. The van der Waals surface area contributed by atoms with E-state index < -0.39 is 0 Å². The van der Waals surface area contributed by atoms with E-state index in [0.29, 0.717) is 17.1 Å². The molecule has 96 valence electrons. The van der Waals surface area contributed by atoms with Gasteiger partial charge < -0.3 is 0 Å². The van der Waals surface area contributed by atoms with Crippen LogP contribution < -0.4 is 0 Å². The third-order valence-electron chi connectivity index (χ3n) is 2.55. The quantitative estimate of drug-likeness (QED) is 0.605. The predicted octanol–water partition coefficient (Wildman–Crippen LogP) is 2.05. The number of carbonyl (C=O) groups excluding carboxylic acids is 1. The molecule has 0 radical (unpaired) electrons. The molecule has 2 rings (SSSR count). The van der Waals surface area contributed by atoms with Crippen LogP contribution in [0.3, 0.4) is 0 Å². The second kappa shape index (κ2) is 5.86. The van der Waals surface area contributed by atoms with Crippen LogP contribution in [0.15, 0.2) is 49.0 Å². The fraction of sp³-hybridized carbons (Fsp3) is 0.143. The molecule has 0 fully saturated rings. The van der Waals surface area contributed by atoms with Gasteiger partial charge in [0.25, 0.3) is 0 Å². The lowest BCUT2D eigenvalue weighted by molar-refractivity contribution is 0.0989. The zero-order valence-corrected chi connectivity index (χ0v) is 10.7. The van der Waals surface area contributed by atoms with Crippen molar-refractivity contribution in [2.75, 3.05) is 0 Å². The average Bonchev–Trinajstić information content (AvgIpc) is 2.83. The molecule has 5 nitrogen and oxygen atoms in total. The Balaban J connectivity index is 1.97. The van der Waals surface area contributed by atoms with Crippen LogP contribution in [-0.4, -0.2) is 25.5 Å². The summed E-state index contributed by atoms with van der Waals surface area (Å²) in [6.45, 7) is 3.86.